The second-order valence-corrected chi connectivity index (χ2v) is 1.60. The molecule has 5 N–H and O–H groups in total. The van der Waals surface area contributed by atoms with Crippen molar-refractivity contribution in [1.82, 2.24) is 0 Å². The molecular formula is C2H5N3O5S. The largest absolute Gasteiger partial charge is 0.465 e. The monoisotopic (exact) mass is 183 g/mol. The first-order chi connectivity index (χ1) is 4.86. The topological polar surface area (TPSA) is 153 Å². The molecule has 0 aromatic heterocycles. The molecule has 0 aliphatic heterocycles. The number of primary amides is 2. The van der Waals surface area contributed by atoms with Crippen LogP contribution in [0.2, 0.25) is 0 Å². The summed E-state index contributed by atoms with van der Waals surface area (Å²) in [5.41, 5.74) is 8.32. The van der Waals surface area contributed by atoms with Crippen molar-refractivity contribution in [2.75, 3.05) is 0 Å². The molecule has 0 aliphatic carbocycles. The number of amides is 3. The molecule has 64 valence electrons. The second kappa shape index (κ2) is 6.48. The van der Waals surface area contributed by atoms with E-state index in [1.54, 1.807) is 0 Å². The molecule has 0 saturated heterocycles. The quantitative estimate of drug-likeness (QED) is 0.428. The number of carboxylic acid groups (broad SMARTS) is 1. The fourth-order valence-corrected chi connectivity index (χ4v) is 0.220. The van der Waals surface area contributed by atoms with Crippen molar-refractivity contribution in [2.45, 2.75) is 0 Å². The summed E-state index contributed by atoms with van der Waals surface area (Å²) in [6.45, 7) is 0. The molecule has 0 aromatic carbocycles. The molecule has 0 bridgehead atoms. The van der Waals surface area contributed by atoms with E-state index in [4.69, 9.17) is 9.90 Å². The van der Waals surface area contributed by atoms with Gasteiger partial charge in [-0.1, -0.05) is 4.36 Å². The Morgan fingerprint density at radius 3 is 1.55 bits per heavy atom. The number of hydrogen-bond acceptors (Lipinski definition) is 4. The van der Waals surface area contributed by atoms with Gasteiger partial charge in [-0.15, -0.1) is 0 Å². The minimum absolute atomic E-state index is 1.20. The van der Waals surface area contributed by atoms with Crippen molar-refractivity contribution in [2.24, 2.45) is 15.8 Å². The van der Waals surface area contributed by atoms with Gasteiger partial charge in [-0.3, -0.25) is 0 Å². The second-order valence-electron chi connectivity index (χ2n) is 0.985. The van der Waals surface area contributed by atoms with E-state index < -0.39 is 22.6 Å². The van der Waals surface area contributed by atoms with Gasteiger partial charge in [0.25, 0.3) is 0 Å². The van der Waals surface area contributed by atoms with Crippen LogP contribution in [-0.2, 0) is 10.5 Å². The Balaban J connectivity index is 0. The van der Waals surface area contributed by atoms with E-state index in [1.165, 1.54) is 0 Å². The number of hydrogen-bond donors (Lipinski definition) is 3. The van der Waals surface area contributed by atoms with Crippen molar-refractivity contribution in [1.29, 1.82) is 0 Å². The Kier molecular flexibility index (Phi) is 7.11. The molecule has 0 aliphatic rings. The first kappa shape index (κ1) is 12.1. The van der Waals surface area contributed by atoms with Gasteiger partial charge >= 0.3 is 22.6 Å². The lowest BCUT2D eigenvalue weighted by Crippen LogP contribution is -2.03. The molecule has 0 rings (SSSR count). The summed E-state index contributed by atoms with van der Waals surface area (Å²) in [6, 6.07) is -1.20. The normalized spacial score (nSPS) is 6.91. The number of urea groups is 1. The van der Waals surface area contributed by atoms with Crippen molar-refractivity contribution < 1.29 is 23.1 Å². The maximum absolute atomic E-state index is 9.47. The van der Waals surface area contributed by atoms with Crippen LogP contribution in [0.1, 0.15) is 0 Å². The number of rotatable bonds is 0. The van der Waals surface area contributed by atoms with Crippen molar-refractivity contribution in [3.05, 3.63) is 0 Å². The number of carbonyl (C=O) groups is 2. The maximum atomic E-state index is 9.47. The van der Waals surface area contributed by atoms with Crippen LogP contribution in [0.5, 0.6) is 0 Å². The van der Waals surface area contributed by atoms with Crippen LogP contribution in [0.3, 0.4) is 0 Å². The Labute approximate surface area is 62.5 Å². The third-order valence-corrected chi connectivity index (χ3v) is 0.494. The summed E-state index contributed by atoms with van der Waals surface area (Å²) in [7, 11) is -2.70. The first-order valence-corrected chi connectivity index (χ1v) is 2.98. The lowest BCUT2D eigenvalue weighted by atomic mass is 11.2. The van der Waals surface area contributed by atoms with Gasteiger partial charge in [0.1, 0.15) is 0 Å². The standard InChI is InChI=1S/CH2N2O3S.CH3NO2/c2-1(4)3-7(5)6;2-1(3)4/h(H2,2,4);2H2,(H,3,4). The van der Waals surface area contributed by atoms with Gasteiger partial charge in [0.15, 0.2) is 0 Å². The molecule has 0 radical (unpaired) electrons. The molecule has 0 fully saturated rings. The lowest BCUT2D eigenvalue weighted by Gasteiger charge is -1.64. The SMILES string of the molecule is NC(=O)N=S(=O)=O.NC(=O)O. The number of nitrogens with two attached hydrogens (primary N) is 2. The van der Waals surface area contributed by atoms with Crippen LogP contribution >= 0.6 is 0 Å². The third kappa shape index (κ3) is 60.7. The van der Waals surface area contributed by atoms with Crippen LogP contribution in [-0.4, -0.2) is 25.6 Å². The van der Waals surface area contributed by atoms with E-state index in [0.29, 0.717) is 0 Å². The minimum Gasteiger partial charge on any atom is -0.465 e. The van der Waals surface area contributed by atoms with Gasteiger partial charge < -0.3 is 16.6 Å². The van der Waals surface area contributed by atoms with Crippen molar-refractivity contribution in [3.8, 4) is 0 Å². The summed E-state index contributed by atoms with van der Waals surface area (Å²) in [5.74, 6) is 0. The fraction of sp³-hybridized carbons (Fsp3) is 0. The van der Waals surface area contributed by atoms with E-state index in [1.807, 2.05) is 0 Å². The average molecular weight is 183 g/mol. The first-order valence-electron chi connectivity index (χ1n) is 1.95. The van der Waals surface area contributed by atoms with Gasteiger partial charge in [0.05, 0.1) is 0 Å². The molecule has 0 atom stereocenters. The predicted molar refractivity (Wildman–Crippen MR) is 33.1 cm³/mol. The molecule has 3 amide bonds. The average Bonchev–Trinajstić information content (AvgIpc) is 1.56. The maximum Gasteiger partial charge on any atom is 0.402 e. The van der Waals surface area contributed by atoms with Crippen LogP contribution in [0.4, 0.5) is 9.59 Å². The summed E-state index contributed by atoms with van der Waals surface area (Å²) < 4.78 is 21.0. The Bertz CT molecular complexity index is 253. The van der Waals surface area contributed by atoms with Gasteiger partial charge in [-0.2, -0.15) is 8.42 Å². The Hall–Kier alpha value is -1.64. The zero-order valence-electron chi connectivity index (χ0n) is 5.09. The van der Waals surface area contributed by atoms with E-state index in [0.717, 1.165) is 0 Å². The van der Waals surface area contributed by atoms with E-state index in [-0.39, 0.29) is 0 Å². The molecule has 0 saturated carbocycles. The van der Waals surface area contributed by atoms with E-state index in [2.05, 4.69) is 15.8 Å². The predicted octanol–water partition coefficient (Wildman–Crippen LogP) is -1.25. The summed E-state index contributed by atoms with van der Waals surface area (Å²) in [4.78, 5) is 18.2. The summed E-state index contributed by atoms with van der Waals surface area (Å²) in [5, 5.41) is 7.19. The van der Waals surface area contributed by atoms with Crippen LogP contribution in [0.25, 0.3) is 0 Å². The van der Waals surface area contributed by atoms with Crippen LogP contribution < -0.4 is 11.5 Å². The third-order valence-electron chi connectivity index (χ3n) is 0.165. The zero-order valence-corrected chi connectivity index (χ0v) is 5.91. The highest BCUT2D eigenvalue weighted by atomic mass is 32.2. The molecular weight excluding hydrogens is 178 g/mol. The van der Waals surface area contributed by atoms with Gasteiger partial charge in [0, 0.05) is 0 Å². The van der Waals surface area contributed by atoms with Gasteiger partial charge in [0.2, 0.25) is 0 Å². The Morgan fingerprint density at radius 1 is 1.27 bits per heavy atom. The van der Waals surface area contributed by atoms with Gasteiger partial charge in [-0.05, 0) is 0 Å². The molecule has 0 spiro atoms. The number of nitrogens with zero attached hydrogens (tertiary/aromatic N) is 1. The minimum atomic E-state index is -2.70. The van der Waals surface area contributed by atoms with E-state index >= 15 is 0 Å². The highest BCUT2D eigenvalue weighted by molar-refractivity contribution is 7.62. The molecule has 8 nitrogen and oxygen atoms in total. The molecule has 9 heteroatoms. The lowest BCUT2D eigenvalue weighted by molar-refractivity contribution is 0.205. The fourth-order valence-electron chi connectivity index (χ4n) is 0.0735. The molecule has 0 unspecified atom stereocenters. The van der Waals surface area contributed by atoms with E-state index in [9.17, 15) is 13.2 Å². The highest BCUT2D eigenvalue weighted by Crippen LogP contribution is 1.60. The van der Waals surface area contributed by atoms with Crippen molar-refractivity contribution >= 4 is 22.6 Å². The van der Waals surface area contributed by atoms with Crippen molar-refractivity contribution in [3.63, 3.8) is 0 Å². The Morgan fingerprint density at radius 2 is 1.55 bits per heavy atom. The van der Waals surface area contributed by atoms with Gasteiger partial charge in [-0.25, -0.2) is 9.59 Å². The molecule has 11 heavy (non-hydrogen) atoms. The zero-order chi connectivity index (χ0) is 9.44. The summed E-state index contributed by atoms with van der Waals surface area (Å²) in [6.07, 6.45) is -1.33. The number of carbonyl (C=O) groups excluding carboxylic acids is 1. The summed E-state index contributed by atoms with van der Waals surface area (Å²) >= 11 is 0. The highest BCUT2D eigenvalue weighted by Gasteiger charge is 1.80. The molecule has 0 aromatic rings. The van der Waals surface area contributed by atoms with Crippen LogP contribution in [0, 0.1) is 0 Å². The smallest absolute Gasteiger partial charge is 0.402 e. The van der Waals surface area contributed by atoms with Crippen LogP contribution in [0.15, 0.2) is 4.36 Å². The molecule has 0 heterocycles.